The average molecular weight is 207 g/mol. The van der Waals surface area contributed by atoms with Crippen molar-refractivity contribution in [3.05, 3.63) is 12.4 Å². The van der Waals surface area contributed by atoms with E-state index in [1.54, 1.807) is 19.5 Å². The average Bonchev–Trinajstić information content (AvgIpc) is 3.08. The molecule has 1 aromatic rings. The van der Waals surface area contributed by atoms with Crippen LogP contribution in [0.5, 0.6) is 5.75 Å². The van der Waals surface area contributed by atoms with E-state index in [-0.39, 0.29) is 0 Å². The van der Waals surface area contributed by atoms with Crippen LogP contribution in [-0.2, 0) is 0 Å². The van der Waals surface area contributed by atoms with Gasteiger partial charge in [-0.3, -0.25) is 0 Å². The highest BCUT2D eigenvalue weighted by molar-refractivity contribution is 5.28. The normalized spacial score (nSPS) is 17.2. The Hall–Kier alpha value is -1.32. The molecule has 1 aliphatic carbocycles. The van der Waals surface area contributed by atoms with Gasteiger partial charge in [-0.2, -0.15) is 0 Å². The molecular formula is C11H17N3O. The van der Waals surface area contributed by atoms with E-state index >= 15 is 0 Å². The van der Waals surface area contributed by atoms with Crippen LogP contribution in [0.4, 0.5) is 5.95 Å². The summed E-state index contributed by atoms with van der Waals surface area (Å²) in [6.07, 6.45) is 7.25. The lowest BCUT2D eigenvalue weighted by molar-refractivity contribution is 0.411. The third-order valence-electron chi connectivity index (χ3n) is 3.19. The van der Waals surface area contributed by atoms with Gasteiger partial charge in [-0.05, 0) is 24.7 Å². The number of nitrogens with zero attached hydrogens (tertiary/aromatic N) is 2. The van der Waals surface area contributed by atoms with Crippen molar-refractivity contribution in [1.29, 1.82) is 0 Å². The number of nitrogens with one attached hydrogen (secondary N) is 1. The van der Waals surface area contributed by atoms with E-state index in [4.69, 9.17) is 4.74 Å². The molecule has 1 heterocycles. The summed E-state index contributed by atoms with van der Waals surface area (Å²) in [5.74, 6) is 1.38. The zero-order valence-electron chi connectivity index (χ0n) is 9.29. The molecule has 0 bridgehead atoms. The summed E-state index contributed by atoms with van der Waals surface area (Å²) in [4.78, 5) is 8.33. The molecule has 0 aromatic carbocycles. The summed E-state index contributed by atoms with van der Waals surface area (Å²) in [6, 6.07) is 0. The van der Waals surface area contributed by atoms with Gasteiger partial charge in [0.15, 0.2) is 5.75 Å². The number of hydrogen-bond acceptors (Lipinski definition) is 4. The summed E-state index contributed by atoms with van der Waals surface area (Å²) in [5.41, 5.74) is 0.517. The first-order valence-electron chi connectivity index (χ1n) is 5.38. The minimum Gasteiger partial charge on any atom is -0.494 e. The van der Waals surface area contributed by atoms with Gasteiger partial charge in [-0.15, -0.1) is 0 Å². The number of anilines is 1. The summed E-state index contributed by atoms with van der Waals surface area (Å²) in [7, 11) is 1.61. The minimum absolute atomic E-state index is 0.517. The highest BCUT2D eigenvalue weighted by Crippen LogP contribution is 2.48. The van der Waals surface area contributed by atoms with Gasteiger partial charge in [0.1, 0.15) is 0 Å². The standard InChI is InChI=1S/C11H17N3O/c1-3-11(4-5-11)8-14-10-12-6-9(15-2)7-13-10/h6-7H,3-5,8H2,1-2H3,(H,12,13,14). The van der Waals surface area contributed by atoms with Gasteiger partial charge < -0.3 is 10.1 Å². The third kappa shape index (κ3) is 2.37. The highest BCUT2D eigenvalue weighted by atomic mass is 16.5. The van der Waals surface area contributed by atoms with Crippen LogP contribution in [-0.4, -0.2) is 23.6 Å². The van der Waals surface area contributed by atoms with Crippen LogP contribution in [0.1, 0.15) is 26.2 Å². The Bertz CT molecular complexity index is 319. The molecule has 1 fully saturated rings. The van der Waals surface area contributed by atoms with Gasteiger partial charge in [0, 0.05) is 6.54 Å². The molecule has 0 amide bonds. The van der Waals surface area contributed by atoms with Crippen molar-refractivity contribution in [1.82, 2.24) is 9.97 Å². The predicted molar refractivity (Wildman–Crippen MR) is 59.0 cm³/mol. The van der Waals surface area contributed by atoms with Crippen molar-refractivity contribution in [2.45, 2.75) is 26.2 Å². The van der Waals surface area contributed by atoms with Crippen LogP contribution in [0, 0.1) is 5.41 Å². The summed E-state index contributed by atoms with van der Waals surface area (Å²) < 4.78 is 5.00. The van der Waals surface area contributed by atoms with E-state index in [1.807, 2.05) is 0 Å². The van der Waals surface area contributed by atoms with E-state index in [1.165, 1.54) is 19.3 Å². The Morgan fingerprint density at radius 3 is 2.53 bits per heavy atom. The SMILES string of the molecule is CCC1(CNc2ncc(OC)cn2)CC1. The molecule has 1 aliphatic rings. The first-order valence-corrected chi connectivity index (χ1v) is 5.38. The van der Waals surface area contributed by atoms with Gasteiger partial charge in [0.25, 0.3) is 0 Å². The first kappa shape index (κ1) is 10.2. The van der Waals surface area contributed by atoms with Crippen LogP contribution < -0.4 is 10.1 Å². The number of ether oxygens (including phenoxy) is 1. The first-order chi connectivity index (χ1) is 7.28. The summed E-state index contributed by atoms with van der Waals surface area (Å²) in [5, 5.41) is 3.27. The van der Waals surface area contributed by atoms with Crippen molar-refractivity contribution >= 4 is 5.95 Å². The van der Waals surface area contributed by atoms with E-state index in [2.05, 4.69) is 22.2 Å². The molecule has 0 unspecified atom stereocenters. The van der Waals surface area contributed by atoms with Crippen molar-refractivity contribution in [2.24, 2.45) is 5.41 Å². The number of methoxy groups -OCH3 is 1. The second kappa shape index (κ2) is 4.04. The molecule has 0 aliphatic heterocycles. The van der Waals surface area contributed by atoms with Crippen LogP contribution in [0.3, 0.4) is 0 Å². The Morgan fingerprint density at radius 1 is 1.40 bits per heavy atom. The Balaban J connectivity index is 1.88. The fourth-order valence-electron chi connectivity index (χ4n) is 1.61. The van der Waals surface area contributed by atoms with Crippen LogP contribution in [0.25, 0.3) is 0 Å². The molecule has 0 saturated heterocycles. The smallest absolute Gasteiger partial charge is 0.222 e. The predicted octanol–water partition coefficient (Wildman–Crippen LogP) is 2.09. The summed E-state index contributed by atoms with van der Waals surface area (Å²) in [6.45, 7) is 3.22. The quantitative estimate of drug-likeness (QED) is 0.803. The third-order valence-corrected chi connectivity index (χ3v) is 3.19. The van der Waals surface area contributed by atoms with Gasteiger partial charge in [0.05, 0.1) is 19.5 Å². The van der Waals surface area contributed by atoms with E-state index < -0.39 is 0 Å². The van der Waals surface area contributed by atoms with E-state index in [0.717, 1.165) is 6.54 Å². The van der Waals surface area contributed by atoms with Gasteiger partial charge >= 0.3 is 0 Å². The maximum atomic E-state index is 5.00. The molecule has 1 saturated carbocycles. The van der Waals surface area contributed by atoms with Crippen LogP contribution in [0.15, 0.2) is 12.4 Å². The number of aromatic nitrogens is 2. The van der Waals surface area contributed by atoms with Crippen molar-refractivity contribution in [2.75, 3.05) is 19.0 Å². The van der Waals surface area contributed by atoms with E-state index in [0.29, 0.717) is 17.1 Å². The van der Waals surface area contributed by atoms with Gasteiger partial charge in [-0.1, -0.05) is 6.92 Å². The van der Waals surface area contributed by atoms with Crippen LogP contribution in [0.2, 0.25) is 0 Å². The minimum atomic E-state index is 0.517. The van der Waals surface area contributed by atoms with Gasteiger partial charge in [0.2, 0.25) is 5.95 Å². The molecule has 1 aromatic heterocycles. The lowest BCUT2D eigenvalue weighted by Gasteiger charge is -2.12. The molecule has 4 nitrogen and oxygen atoms in total. The van der Waals surface area contributed by atoms with E-state index in [9.17, 15) is 0 Å². The molecule has 0 radical (unpaired) electrons. The monoisotopic (exact) mass is 207 g/mol. The molecule has 15 heavy (non-hydrogen) atoms. The van der Waals surface area contributed by atoms with Crippen molar-refractivity contribution in [3.63, 3.8) is 0 Å². The lowest BCUT2D eigenvalue weighted by Crippen LogP contribution is -2.15. The molecule has 0 spiro atoms. The zero-order chi connectivity index (χ0) is 10.7. The highest BCUT2D eigenvalue weighted by Gasteiger charge is 2.40. The molecular weight excluding hydrogens is 190 g/mol. The fraction of sp³-hybridized carbons (Fsp3) is 0.636. The molecule has 4 heteroatoms. The molecule has 0 atom stereocenters. The maximum Gasteiger partial charge on any atom is 0.222 e. The second-order valence-corrected chi connectivity index (χ2v) is 4.15. The second-order valence-electron chi connectivity index (χ2n) is 4.15. The molecule has 1 N–H and O–H groups in total. The maximum absolute atomic E-state index is 5.00. The summed E-state index contributed by atoms with van der Waals surface area (Å²) >= 11 is 0. The number of rotatable bonds is 5. The molecule has 2 rings (SSSR count). The largest absolute Gasteiger partial charge is 0.494 e. The number of hydrogen-bond donors (Lipinski definition) is 1. The Labute approximate surface area is 90.1 Å². The topological polar surface area (TPSA) is 47.0 Å². The van der Waals surface area contributed by atoms with Crippen molar-refractivity contribution < 1.29 is 4.74 Å². The molecule has 82 valence electrons. The van der Waals surface area contributed by atoms with Crippen LogP contribution >= 0.6 is 0 Å². The Morgan fingerprint density at radius 2 is 2.07 bits per heavy atom. The van der Waals surface area contributed by atoms with Crippen molar-refractivity contribution in [3.8, 4) is 5.75 Å². The fourth-order valence-corrected chi connectivity index (χ4v) is 1.61. The Kier molecular flexibility index (Phi) is 2.75. The van der Waals surface area contributed by atoms with Gasteiger partial charge in [-0.25, -0.2) is 9.97 Å². The lowest BCUT2D eigenvalue weighted by atomic mass is 10.0. The zero-order valence-corrected chi connectivity index (χ0v) is 9.29.